The lowest BCUT2D eigenvalue weighted by Gasteiger charge is -2.46. The van der Waals surface area contributed by atoms with Gasteiger partial charge in [0.1, 0.15) is 0 Å². The largest absolute Gasteiger partial charge is 0.305 e. The van der Waals surface area contributed by atoms with Gasteiger partial charge in [0.2, 0.25) is 0 Å². The van der Waals surface area contributed by atoms with E-state index in [0.29, 0.717) is 0 Å². The summed E-state index contributed by atoms with van der Waals surface area (Å²) in [6.07, 6.45) is 4.50. The predicted octanol–water partition coefficient (Wildman–Crippen LogP) is 2.37. The second-order valence-electron chi connectivity index (χ2n) is 5.42. The smallest absolute Gasteiger partial charge is 0.00475 e. The zero-order chi connectivity index (χ0) is 8.77. The quantitative estimate of drug-likeness (QED) is 0.579. The van der Waals surface area contributed by atoms with Gasteiger partial charge in [-0.3, -0.25) is 0 Å². The van der Waals surface area contributed by atoms with E-state index in [2.05, 4.69) is 25.8 Å². The molecular formula is C11H21N. The summed E-state index contributed by atoms with van der Waals surface area (Å²) in [5, 5.41) is 0. The van der Waals surface area contributed by atoms with Crippen molar-refractivity contribution in [3.8, 4) is 0 Å². The summed E-state index contributed by atoms with van der Waals surface area (Å²) in [5.41, 5.74) is 0.768. The Morgan fingerprint density at radius 1 is 1.33 bits per heavy atom. The van der Waals surface area contributed by atoms with Crippen molar-refractivity contribution in [3.63, 3.8) is 0 Å². The second kappa shape index (κ2) is 2.73. The summed E-state index contributed by atoms with van der Waals surface area (Å²) in [6.45, 7) is 7.50. The summed E-state index contributed by atoms with van der Waals surface area (Å²) in [6, 6.07) is 0. The maximum atomic E-state index is 2.46. The molecular weight excluding hydrogens is 146 g/mol. The first kappa shape index (κ1) is 8.55. The van der Waals surface area contributed by atoms with Crippen LogP contribution in [-0.4, -0.2) is 25.0 Å². The maximum absolute atomic E-state index is 2.46. The summed E-state index contributed by atoms with van der Waals surface area (Å²) < 4.78 is 0. The zero-order valence-electron chi connectivity index (χ0n) is 8.64. The molecule has 70 valence electrons. The van der Waals surface area contributed by atoms with Gasteiger partial charge in [0, 0.05) is 13.1 Å². The molecule has 1 atom stereocenters. The highest BCUT2D eigenvalue weighted by molar-refractivity contribution is 4.99. The van der Waals surface area contributed by atoms with E-state index in [0.717, 1.165) is 17.3 Å². The van der Waals surface area contributed by atoms with Crippen molar-refractivity contribution in [2.45, 2.75) is 33.1 Å². The van der Waals surface area contributed by atoms with Crippen LogP contribution in [0, 0.1) is 17.3 Å². The van der Waals surface area contributed by atoms with Crippen molar-refractivity contribution in [1.29, 1.82) is 0 Å². The zero-order valence-corrected chi connectivity index (χ0v) is 8.64. The van der Waals surface area contributed by atoms with Gasteiger partial charge in [-0.15, -0.1) is 0 Å². The molecule has 2 aliphatic rings. The van der Waals surface area contributed by atoms with E-state index in [9.17, 15) is 0 Å². The molecule has 1 saturated carbocycles. The van der Waals surface area contributed by atoms with Crippen LogP contribution in [-0.2, 0) is 0 Å². The number of nitrogens with zero attached hydrogens (tertiary/aromatic N) is 1. The van der Waals surface area contributed by atoms with E-state index in [-0.39, 0.29) is 0 Å². The highest BCUT2D eigenvalue weighted by Crippen LogP contribution is 2.49. The number of hydrogen-bond donors (Lipinski definition) is 0. The van der Waals surface area contributed by atoms with Gasteiger partial charge in [-0.25, -0.2) is 0 Å². The van der Waals surface area contributed by atoms with Crippen LogP contribution >= 0.6 is 0 Å². The predicted molar refractivity (Wildman–Crippen MR) is 52.1 cm³/mol. The molecule has 1 saturated heterocycles. The molecule has 0 N–H and O–H groups in total. The summed E-state index contributed by atoms with van der Waals surface area (Å²) in [5.74, 6) is 1.94. The molecule has 2 fully saturated rings. The lowest BCUT2D eigenvalue weighted by Crippen LogP contribution is -2.52. The highest BCUT2D eigenvalue weighted by Gasteiger charge is 2.46. The second-order valence-corrected chi connectivity index (χ2v) is 5.42. The van der Waals surface area contributed by atoms with E-state index in [1.165, 1.54) is 32.4 Å². The molecule has 1 spiro atoms. The number of hydrogen-bond acceptors (Lipinski definition) is 1. The first-order chi connectivity index (χ1) is 5.61. The van der Waals surface area contributed by atoms with E-state index in [1.807, 2.05) is 0 Å². The van der Waals surface area contributed by atoms with Crippen LogP contribution in [0.4, 0.5) is 0 Å². The lowest BCUT2D eigenvalue weighted by atomic mass is 9.77. The van der Waals surface area contributed by atoms with Gasteiger partial charge >= 0.3 is 0 Å². The summed E-state index contributed by atoms with van der Waals surface area (Å²) in [7, 11) is 2.24. The molecule has 1 aliphatic heterocycles. The summed E-state index contributed by atoms with van der Waals surface area (Å²) in [4.78, 5) is 2.46. The Kier molecular flexibility index (Phi) is 1.95. The molecule has 0 amide bonds. The van der Waals surface area contributed by atoms with Crippen molar-refractivity contribution >= 4 is 0 Å². The molecule has 0 unspecified atom stereocenters. The molecule has 0 radical (unpaired) electrons. The Labute approximate surface area is 76.1 Å². The molecule has 0 aromatic rings. The van der Waals surface area contributed by atoms with E-state index >= 15 is 0 Å². The third-order valence-corrected chi connectivity index (χ3v) is 3.89. The van der Waals surface area contributed by atoms with Crippen molar-refractivity contribution in [1.82, 2.24) is 4.90 Å². The van der Waals surface area contributed by atoms with Crippen LogP contribution in [0.2, 0.25) is 0 Å². The van der Waals surface area contributed by atoms with Gasteiger partial charge < -0.3 is 4.90 Å². The van der Waals surface area contributed by atoms with E-state index in [4.69, 9.17) is 0 Å². The average molecular weight is 167 g/mol. The fourth-order valence-electron chi connectivity index (χ4n) is 3.21. The molecule has 1 heteroatoms. The van der Waals surface area contributed by atoms with E-state index in [1.54, 1.807) is 0 Å². The van der Waals surface area contributed by atoms with Crippen LogP contribution in [0.1, 0.15) is 33.1 Å². The topological polar surface area (TPSA) is 3.24 Å². The third-order valence-electron chi connectivity index (χ3n) is 3.89. The van der Waals surface area contributed by atoms with Crippen molar-refractivity contribution in [2.75, 3.05) is 20.1 Å². The fraction of sp³-hybridized carbons (Fsp3) is 1.00. The highest BCUT2D eigenvalue weighted by atomic mass is 15.2. The molecule has 12 heavy (non-hydrogen) atoms. The van der Waals surface area contributed by atoms with Gasteiger partial charge in [0.05, 0.1) is 0 Å². The number of likely N-dealkylation sites (tertiary alicyclic amines) is 1. The van der Waals surface area contributed by atoms with Crippen LogP contribution < -0.4 is 0 Å². The third kappa shape index (κ3) is 1.28. The Bertz CT molecular complexity index is 168. The first-order valence-electron chi connectivity index (χ1n) is 5.30. The maximum Gasteiger partial charge on any atom is 0.00475 e. The van der Waals surface area contributed by atoms with Gasteiger partial charge in [0.25, 0.3) is 0 Å². The molecule has 0 aromatic carbocycles. The Hall–Kier alpha value is -0.0400. The van der Waals surface area contributed by atoms with Gasteiger partial charge in [-0.1, -0.05) is 13.8 Å². The molecule has 2 rings (SSSR count). The minimum atomic E-state index is 0.768. The SMILES string of the molecule is CC(C)[C@@H]1CCC2(C1)CN(C)C2. The van der Waals surface area contributed by atoms with Crippen molar-refractivity contribution < 1.29 is 0 Å². The molecule has 1 nitrogen and oxygen atoms in total. The van der Waals surface area contributed by atoms with Gasteiger partial charge in [-0.05, 0) is 43.6 Å². The minimum Gasteiger partial charge on any atom is -0.305 e. The molecule has 0 bridgehead atoms. The summed E-state index contributed by atoms with van der Waals surface area (Å²) >= 11 is 0. The first-order valence-corrected chi connectivity index (χ1v) is 5.30. The minimum absolute atomic E-state index is 0.768. The van der Waals surface area contributed by atoms with Crippen LogP contribution in [0.5, 0.6) is 0 Å². The van der Waals surface area contributed by atoms with Gasteiger partial charge in [0.15, 0.2) is 0 Å². The van der Waals surface area contributed by atoms with Crippen molar-refractivity contribution in [3.05, 3.63) is 0 Å². The fourth-order valence-corrected chi connectivity index (χ4v) is 3.21. The Morgan fingerprint density at radius 3 is 2.42 bits per heavy atom. The normalized spacial score (nSPS) is 34.5. The van der Waals surface area contributed by atoms with Crippen LogP contribution in [0.3, 0.4) is 0 Å². The standard InChI is InChI=1S/C11H21N/c1-9(2)10-4-5-11(6-10)7-12(3)8-11/h9-10H,4-8H2,1-3H3/t10-/m1/s1. The van der Waals surface area contributed by atoms with Crippen molar-refractivity contribution in [2.24, 2.45) is 17.3 Å². The van der Waals surface area contributed by atoms with Gasteiger partial charge in [-0.2, -0.15) is 0 Å². The van der Waals surface area contributed by atoms with Crippen LogP contribution in [0.25, 0.3) is 0 Å². The monoisotopic (exact) mass is 167 g/mol. The Morgan fingerprint density at radius 2 is 2.00 bits per heavy atom. The number of rotatable bonds is 1. The molecule has 1 heterocycles. The lowest BCUT2D eigenvalue weighted by molar-refractivity contribution is 0.0233. The van der Waals surface area contributed by atoms with Crippen LogP contribution in [0.15, 0.2) is 0 Å². The average Bonchev–Trinajstić information content (AvgIpc) is 2.31. The molecule has 1 aliphatic carbocycles. The molecule has 0 aromatic heterocycles. The van der Waals surface area contributed by atoms with E-state index < -0.39 is 0 Å². The Balaban J connectivity index is 1.90.